The molecule has 0 radical (unpaired) electrons. The van der Waals surface area contributed by atoms with Crippen molar-refractivity contribution in [3.63, 3.8) is 0 Å². The van der Waals surface area contributed by atoms with Gasteiger partial charge in [0.1, 0.15) is 0 Å². The molecule has 0 aliphatic heterocycles. The molecule has 1 aromatic carbocycles. The van der Waals surface area contributed by atoms with Gasteiger partial charge in [0.25, 0.3) is 0 Å². The standard InChI is InChI=1S/C11H10N2O4/c1-2-17-11(16)6-3-4-8-7(5-6)9(10(14)15)13-12-8/h3-5H,2H2,1H3,(H,12,13)(H,14,15). The van der Waals surface area contributed by atoms with Gasteiger partial charge < -0.3 is 9.84 Å². The largest absolute Gasteiger partial charge is 0.476 e. The fraction of sp³-hybridized carbons (Fsp3) is 0.182. The van der Waals surface area contributed by atoms with E-state index in [4.69, 9.17) is 9.84 Å². The van der Waals surface area contributed by atoms with Crippen molar-refractivity contribution in [1.82, 2.24) is 10.2 Å². The molecule has 6 heteroatoms. The first-order chi connectivity index (χ1) is 8.13. The summed E-state index contributed by atoms with van der Waals surface area (Å²) in [7, 11) is 0. The maximum Gasteiger partial charge on any atom is 0.357 e. The number of nitrogens with one attached hydrogen (secondary N) is 1. The highest BCUT2D eigenvalue weighted by Gasteiger charge is 2.15. The van der Waals surface area contributed by atoms with E-state index in [1.165, 1.54) is 6.07 Å². The minimum absolute atomic E-state index is 0.105. The highest BCUT2D eigenvalue weighted by molar-refractivity contribution is 6.03. The second-order valence-electron chi connectivity index (χ2n) is 3.36. The van der Waals surface area contributed by atoms with Gasteiger partial charge in [-0.15, -0.1) is 0 Å². The minimum Gasteiger partial charge on any atom is -0.476 e. The number of carbonyl (C=O) groups excluding carboxylic acids is 1. The van der Waals surface area contributed by atoms with Crippen molar-refractivity contribution in [2.45, 2.75) is 6.92 Å². The number of aromatic nitrogens is 2. The van der Waals surface area contributed by atoms with E-state index < -0.39 is 11.9 Å². The lowest BCUT2D eigenvalue weighted by Crippen LogP contribution is -2.04. The van der Waals surface area contributed by atoms with Gasteiger partial charge in [0.05, 0.1) is 17.7 Å². The molecule has 1 aromatic heterocycles. The van der Waals surface area contributed by atoms with Gasteiger partial charge in [-0.25, -0.2) is 9.59 Å². The maximum atomic E-state index is 11.5. The van der Waals surface area contributed by atoms with Crippen molar-refractivity contribution >= 4 is 22.8 Å². The summed E-state index contributed by atoms with van der Waals surface area (Å²) in [6.45, 7) is 1.98. The molecule has 17 heavy (non-hydrogen) atoms. The number of carboxylic acid groups (broad SMARTS) is 1. The van der Waals surface area contributed by atoms with Crippen molar-refractivity contribution in [3.05, 3.63) is 29.5 Å². The summed E-state index contributed by atoms with van der Waals surface area (Å²) in [4.78, 5) is 22.4. The predicted molar refractivity (Wildman–Crippen MR) is 59.0 cm³/mol. The predicted octanol–water partition coefficient (Wildman–Crippen LogP) is 1.44. The summed E-state index contributed by atoms with van der Waals surface area (Å²) in [6.07, 6.45) is 0. The molecule has 2 N–H and O–H groups in total. The van der Waals surface area contributed by atoms with Crippen molar-refractivity contribution in [2.75, 3.05) is 6.61 Å². The van der Waals surface area contributed by atoms with Gasteiger partial charge >= 0.3 is 11.9 Å². The highest BCUT2D eigenvalue weighted by atomic mass is 16.5. The third-order valence-electron chi connectivity index (χ3n) is 2.28. The zero-order valence-corrected chi connectivity index (χ0v) is 9.06. The fourth-order valence-corrected chi connectivity index (χ4v) is 1.52. The summed E-state index contributed by atoms with van der Waals surface area (Å²) in [5.74, 6) is -1.62. The number of carbonyl (C=O) groups is 2. The lowest BCUT2D eigenvalue weighted by molar-refractivity contribution is 0.0525. The van der Waals surface area contributed by atoms with Gasteiger partial charge in [0.15, 0.2) is 5.69 Å². The third kappa shape index (κ3) is 1.96. The van der Waals surface area contributed by atoms with E-state index in [1.54, 1.807) is 19.1 Å². The second kappa shape index (κ2) is 4.25. The van der Waals surface area contributed by atoms with Gasteiger partial charge in [-0.1, -0.05) is 0 Å². The van der Waals surface area contributed by atoms with E-state index in [2.05, 4.69) is 10.2 Å². The Balaban J connectivity index is 2.51. The summed E-state index contributed by atoms with van der Waals surface area (Å²) in [5.41, 5.74) is 0.768. The van der Waals surface area contributed by atoms with Crippen LogP contribution in [-0.4, -0.2) is 33.8 Å². The zero-order chi connectivity index (χ0) is 12.4. The molecule has 2 aromatic rings. The molecule has 6 nitrogen and oxygen atoms in total. The molecule has 88 valence electrons. The average molecular weight is 234 g/mol. The van der Waals surface area contributed by atoms with Crippen LogP contribution in [0.3, 0.4) is 0 Å². The smallest absolute Gasteiger partial charge is 0.357 e. The zero-order valence-electron chi connectivity index (χ0n) is 9.06. The van der Waals surface area contributed by atoms with Crippen LogP contribution >= 0.6 is 0 Å². The number of carboxylic acids is 1. The van der Waals surface area contributed by atoms with Crippen LogP contribution in [0.15, 0.2) is 18.2 Å². The molecule has 1 heterocycles. The van der Waals surface area contributed by atoms with E-state index in [1.807, 2.05) is 0 Å². The number of fused-ring (bicyclic) bond motifs is 1. The van der Waals surface area contributed by atoms with Crippen LogP contribution < -0.4 is 0 Å². The number of nitrogens with zero attached hydrogens (tertiary/aromatic N) is 1. The van der Waals surface area contributed by atoms with E-state index >= 15 is 0 Å². The molecule has 0 amide bonds. The Kier molecular flexibility index (Phi) is 2.78. The first kappa shape index (κ1) is 11.1. The minimum atomic E-state index is -1.14. The SMILES string of the molecule is CCOC(=O)c1ccc2[nH]nc(C(=O)O)c2c1. The quantitative estimate of drug-likeness (QED) is 0.784. The van der Waals surface area contributed by atoms with Crippen LogP contribution in [0.2, 0.25) is 0 Å². The van der Waals surface area contributed by atoms with Crippen LogP contribution in [0.1, 0.15) is 27.8 Å². The Hall–Kier alpha value is -2.37. The Morgan fingerprint density at radius 2 is 2.24 bits per heavy atom. The highest BCUT2D eigenvalue weighted by Crippen LogP contribution is 2.18. The number of esters is 1. The fourth-order valence-electron chi connectivity index (χ4n) is 1.52. The first-order valence-electron chi connectivity index (χ1n) is 5.02. The summed E-state index contributed by atoms with van der Waals surface area (Å²) in [6, 6.07) is 4.62. The maximum absolute atomic E-state index is 11.5. The molecule has 0 saturated heterocycles. The van der Waals surface area contributed by atoms with Crippen molar-refractivity contribution in [2.24, 2.45) is 0 Å². The van der Waals surface area contributed by atoms with Gasteiger partial charge in [0, 0.05) is 5.39 Å². The summed E-state index contributed by atoms with van der Waals surface area (Å²) < 4.78 is 4.84. The number of ether oxygens (including phenoxy) is 1. The second-order valence-corrected chi connectivity index (χ2v) is 3.36. The van der Waals surface area contributed by atoms with Crippen LogP contribution in [0.5, 0.6) is 0 Å². The Bertz CT molecular complexity index is 588. The molecule has 0 atom stereocenters. The van der Waals surface area contributed by atoms with Crippen molar-refractivity contribution in [3.8, 4) is 0 Å². The molecule has 0 aliphatic carbocycles. The van der Waals surface area contributed by atoms with E-state index in [0.29, 0.717) is 16.5 Å². The summed E-state index contributed by atoms with van der Waals surface area (Å²) in [5, 5.41) is 15.5. The number of hydrogen-bond acceptors (Lipinski definition) is 4. The first-order valence-corrected chi connectivity index (χ1v) is 5.02. The van der Waals surface area contributed by atoms with Crippen LogP contribution in [0.25, 0.3) is 10.9 Å². The summed E-state index contributed by atoms with van der Waals surface area (Å²) >= 11 is 0. The third-order valence-corrected chi connectivity index (χ3v) is 2.28. The topological polar surface area (TPSA) is 92.3 Å². The van der Waals surface area contributed by atoms with Crippen LogP contribution in [0, 0.1) is 0 Å². The number of rotatable bonds is 3. The molecular weight excluding hydrogens is 224 g/mol. The van der Waals surface area contributed by atoms with Gasteiger partial charge in [-0.05, 0) is 25.1 Å². The van der Waals surface area contributed by atoms with Gasteiger partial charge in [-0.3, -0.25) is 5.10 Å². The van der Waals surface area contributed by atoms with Crippen LogP contribution in [0.4, 0.5) is 0 Å². The Labute approximate surface area is 96.2 Å². The molecular formula is C11H10N2O4. The normalized spacial score (nSPS) is 10.4. The Morgan fingerprint density at radius 1 is 1.47 bits per heavy atom. The monoisotopic (exact) mass is 234 g/mol. The Morgan fingerprint density at radius 3 is 2.88 bits per heavy atom. The number of H-pyrrole nitrogens is 1. The van der Waals surface area contributed by atoms with Crippen molar-refractivity contribution in [1.29, 1.82) is 0 Å². The molecule has 0 aliphatic rings. The number of aromatic amines is 1. The van der Waals surface area contributed by atoms with Crippen LogP contribution in [-0.2, 0) is 4.74 Å². The molecule has 0 bridgehead atoms. The molecule has 2 rings (SSSR count). The van der Waals surface area contributed by atoms with E-state index in [-0.39, 0.29) is 12.3 Å². The molecule has 0 saturated carbocycles. The molecule has 0 fully saturated rings. The molecule has 0 spiro atoms. The van der Waals surface area contributed by atoms with E-state index in [0.717, 1.165) is 0 Å². The lowest BCUT2D eigenvalue weighted by atomic mass is 10.1. The van der Waals surface area contributed by atoms with Crippen molar-refractivity contribution < 1.29 is 19.4 Å². The average Bonchev–Trinajstić information content (AvgIpc) is 2.71. The van der Waals surface area contributed by atoms with E-state index in [9.17, 15) is 9.59 Å². The number of aromatic carboxylic acids is 1. The number of hydrogen-bond donors (Lipinski definition) is 2. The number of benzene rings is 1. The van der Waals surface area contributed by atoms with Gasteiger partial charge in [0.2, 0.25) is 0 Å². The van der Waals surface area contributed by atoms with Gasteiger partial charge in [-0.2, -0.15) is 5.10 Å². The molecule has 0 unspecified atom stereocenters. The lowest BCUT2D eigenvalue weighted by Gasteiger charge is -2.01.